The Morgan fingerprint density at radius 1 is 0.688 bits per heavy atom. The SMILES string of the molecule is C.C.C.C.C.CCCCCCCCCCCCCCOC(=O)C[N+](C)(C)CNC(=O)CC. The van der Waals surface area contributed by atoms with Crippen molar-refractivity contribution < 1.29 is 18.8 Å². The van der Waals surface area contributed by atoms with Gasteiger partial charge in [0.1, 0.15) is 0 Å². The van der Waals surface area contributed by atoms with Crippen LogP contribution in [0, 0.1) is 0 Å². The summed E-state index contributed by atoms with van der Waals surface area (Å²) in [4.78, 5) is 23.2. The molecule has 5 heteroatoms. The van der Waals surface area contributed by atoms with Crippen molar-refractivity contribution in [1.82, 2.24) is 5.32 Å². The number of quaternary nitrogens is 1. The second kappa shape index (κ2) is 29.9. The number of amides is 1. The monoisotopic (exact) mass is 465 g/mol. The first-order valence-corrected chi connectivity index (χ1v) is 11.2. The molecule has 0 heterocycles. The van der Waals surface area contributed by atoms with Crippen LogP contribution in [-0.4, -0.2) is 50.3 Å². The molecular formula is C27H65N2O3+. The molecule has 200 valence electrons. The third-order valence-corrected chi connectivity index (χ3v) is 4.84. The van der Waals surface area contributed by atoms with E-state index in [0.29, 0.717) is 24.2 Å². The summed E-state index contributed by atoms with van der Waals surface area (Å²) in [6, 6.07) is 0. The van der Waals surface area contributed by atoms with Gasteiger partial charge in [-0.1, -0.05) is 122 Å². The van der Waals surface area contributed by atoms with Crippen LogP contribution in [0.4, 0.5) is 0 Å². The molecular weight excluding hydrogens is 400 g/mol. The van der Waals surface area contributed by atoms with E-state index in [1.165, 1.54) is 64.2 Å². The number of esters is 1. The zero-order valence-corrected chi connectivity index (χ0v) is 18.5. The minimum atomic E-state index is -0.186. The van der Waals surface area contributed by atoms with E-state index in [9.17, 15) is 9.59 Å². The topological polar surface area (TPSA) is 55.4 Å². The Morgan fingerprint density at radius 3 is 1.50 bits per heavy atom. The highest BCUT2D eigenvalue weighted by Crippen LogP contribution is 2.12. The van der Waals surface area contributed by atoms with Crippen LogP contribution in [0.2, 0.25) is 0 Å². The summed E-state index contributed by atoms with van der Waals surface area (Å²) in [6.45, 7) is 5.31. The first-order chi connectivity index (χ1) is 12.9. The largest absolute Gasteiger partial charge is 0.462 e. The highest BCUT2D eigenvalue weighted by Gasteiger charge is 2.21. The van der Waals surface area contributed by atoms with Gasteiger partial charge in [-0.25, -0.2) is 4.79 Å². The maximum absolute atomic E-state index is 11.9. The number of carbonyl (C=O) groups excluding carboxylic acids is 2. The average molecular weight is 466 g/mol. The first kappa shape index (κ1) is 44.6. The van der Waals surface area contributed by atoms with Crippen LogP contribution in [0.15, 0.2) is 0 Å². The second-order valence-electron chi connectivity index (χ2n) is 8.32. The van der Waals surface area contributed by atoms with E-state index in [-0.39, 0.29) is 55.6 Å². The molecule has 0 aromatic carbocycles. The van der Waals surface area contributed by atoms with E-state index >= 15 is 0 Å². The molecule has 1 N–H and O–H groups in total. The Morgan fingerprint density at radius 2 is 1.09 bits per heavy atom. The van der Waals surface area contributed by atoms with Gasteiger partial charge in [0.05, 0.1) is 20.7 Å². The lowest BCUT2D eigenvalue weighted by Crippen LogP contribution is -2.51. The number of nitrogens with zero attached hydrogens (tertiary/aromatic N) is 1. The van der Waals surface area contributed by atoms with Gasteiger partial charge in [-0.05, 0) is 6.42 Å². The van der Waals surface area contributed by atoms with Crippen molar-refractivity contribution in [3.63, 3.8) is 0 Å². The summed E-state index contributed by atoms with van der Waals surface area (Å²) < 4.78 is 5.74. The summed E-state index contributed by atoms with van der Waals surface area (Å²) in [5.74, 6) is -0.181. The first-order valence-electron chi connectivity index (χ1n) is 11.2. The van der Waals surface area contributed by atoms with Gasteiger partial charge in [0, 0.05) is 6.42 Å². The van der Waals surface area contributed by atoms with Gasteiger partial charge in [0.15, 0.2) is 13.2 Å². The lowest BCUT2D eigenvalue weighted by molar-refractivity contribution is -0.884. The lowest BCUT2D eigenvalue weighted by atomic mass is 10.1. The summed E-state index contributed by atoms with van der Waals surface area (Å²) in [7, 11) is 3.84. The number of carbonyl (C=O) groups is 2. The third-order valence-electron chi connectivity index (χ3n) is 4.84. The van der Waals surface area contributed by atoms with Gasteiger partial charge >= 0.3 is 5.97 Å². The molecule has 5 nitrogen and oxygen atoms in total. The molecule has 0 saturated heterocycles. The second-order valence-corrected chi connectivity index (χ2v) is 8.32. The van der Waals surface area contributed by atoms with E-state index in [2.05, 4.69) is 12.2 Å². The van der Waals surface area contributed by atoms with E-state index in [0.717, 1.165) is 12.8 Å². The maximum Gasteiger partial charge on any atom is 0.361 e. The van der Waals surface area contributed by atoms with Crippen molar-refractivity contribution in [3.8, 4) is 0 Å². The van der Waals surface area contributed by atoms with Gasteiger partial charge in [-0.3, -0.25) is 4.79 Å². The minimum Gasteiger partial charge on any atom is -0.462 e. The quantitative estimate of drug-likeness (QED) is 0.0966. The Kier molecular flexibility index (Phi) is 41.6. The molecule has 0 rings (SSSR count). The van der Waals surface area contributed by atoms with Crippen LogP contribution in [0.25, 0.3) is 0 Å². The zero-order valence-electron chi connectivity index (χ0n) is 18.5. The fourth-order valence-electron chi connectivity index (χ4n) is 3.01. The molecule has 0 aliphatic carbocycles. The van der Waals surface area contributed by atoms with E-state index in [1.807, 2.05) is 21.0 Å². The van der Waals surface area contributed by atoms with Crippen molar-refractivity contribution in [2.24, 2.45) is 0 Å². The molecule has 0 spiro atoms. The fourth-order valence-corrected chi connectivity index (χ4v) is 3.01. The molecule has 0 aromatic rings. The van der Waals surface area contributed by atoms with E-state index in [4.69, 9.17) is 4.74 Å². The van der Waals surface area contributed by atoms with Crippen molar-refractivity contribution in [2.45, 2.75) is 134 Å². The van der Waals surface area contributed by atoms with Gasteiger partial charge in [-0.15, -0.1) is 0 Å². The molecule has 0 fully saturated rings. The Bertz CT molecular complexity index is 385. The highest BCUT2D eigenvalue weighted by molar-refractivity contribution is 5.75. The third kappa shape index (κ3) is 31.1. The molecule has 0 saturated carbocycles. The predicted octanol–water partition coefficient (Wildman–Crippen LogP) is 7.97. The van der Waals surface area contributed by atoms with Crippen LogP contribution in [-0.2, 0) is 14.3 Å². The molecule has 0 radical (unpaired) electrons. The van der Waals surface area contributed by atoms with Crippen molar-refractivity contribution >= 4 is 11.9 Å². The van der Waals surface area contributed by atoms with Gasteiger partial charge in [0.2, 0.25) is 5.91 Å². The summed E-state index contributed by atoms with van der Waals surface area (Å²) in [5.41, 5.74) is 0. The summed E-state index contributed by atoms with van der Waals surface area (Å²) in [6.07, 6.45) is 16.1. The molecule has 1 amide bonds. The number of ether oxygens (including phenoxy) is 1. The molecule has 0 aromatic heterocycles. The van der Waals surface area contributed by atoms with Crippen molar-refractivity contribution in [2.75, 3.05) is 33.9 Å². The van der Waals surface area contributed by atoms with Crippen LogP contribution in [0.3, 0.4) is 0 Å². The number of likely N-dealkylation sites (N-methyl/N-ethyl adjacent to an activating group) is 1. The lowest BCUT2D eigenvalue weighted by Gasteiger charge is -2.28. The highest BCUT2D eigenvalue weighted by atomic mass is 16.5. The number of unbranched alkanes of at least 4 members (excludes halogenated alkanes) is 11. The summed E-state index contributed by atoms with van der Waals surface area (Å²) >= 11 is 0. The van der Waals surface area contributed by atoms with Gasteiger partial charge < -0.3 is 14.5 Å². The average Bonchev–Trinajstić information content (AvgIpc) is 2.63. The standard InChI is InChI=1S/C22H44N2O3.5CH4/c1-5-7-8-9-10-11-12-13-14-15-16-17-18-27-22(26)19-24(3,4)20-23-21(25)6-2;;;;;/h5-20H2,1-4H3;5*1H4/p+1. The Balaban J connectivity index is -0.000000338. The fraction of sp³-hybridized carbons (Fsp3) is 0.926. The predicted molar refractivity (Wildman–Crippen MR) is 146 cm³/mol. The number of hydrogen-bond donors (Lipinski definition) is 1. The molecule has 32 heavy (non-hydrogen) atoms. The Hall–Kier alpha value is -1.10. The van der Waals surface area contributed by atoms with Crippen LogP contribution < -0.4 is 5.32 Å². The normalized spacial score (nSPS) is 9.62. The molecule has 0 aliphatic rings. The summed E-state index contributed by atoms with van der Waals surface area (Å²) in [5, 5.41) is 2.82. The zero-order chi connectivity index (χ0) is 20.4. The molecule has 0 bridgehead atoms. The van der Waals surface area contributed by atoms with E-state index < -0.39 is 0 Å². The molecule has 0 unspecified atom stereocenters. The molecule has 0 atom stereocenters. The number of rotatable bonds is 18. The van der Waals surface area contributed by atoms with Crippen LogP contribution in [0.1, 0.15) is 134 Å². The number of nitrogens with one attached hydrogen (secondary N) is 1. The Labute approximate surface area is 204 Å². The van der Waals surface area contributed by atoms with Gasteiger partial charge in [0.25, 0.3) is 0 Å². The minimum absolute atomic E-state index is 0. The number of hydrogen-bond acceptors (Lipinski definition) is 3. The van der Waals surface area contributed by atoms with Crippen molar-refractivity contribution in [1.29, 1.82) is 0 Å². The van der Waals surface area contributed by atoms with Crippen molar-refractivity contribution in [3.05, 3.63) is 0 Å². The van der Waals surface area contributed by atoms with E-state index in [1.54, 1.807) is 0 Å². The van der Waals surface area contributed by atoms with Crippen LogP contribution in [0.5, 0.6) is 0 Å². The van der Waals surface area contributed by atoms with Crippen LogP contribution >= 0.6 is 0 Å². The smallest absolute Gasteiger partial charge is 0.361 e. The van der Waals surface area contributed by atoms with Gasteiger partial charge in [-0.2, -0.15) is 0 Å². The maximum atomic E-state index is 11.9. The molecule has 0 aliphatic heterocycles.